The number of pyridine rings is 1. The number of hydrogen-bond acceptors (Lipinski definition) is 5. The molecule has 21 heavy (non-hydrogen) atoms. The van der Waals surface area contributed by atoms with Gasteiger partial charge in [0.2, 0.25) is 0 Å². The summed E-state index contributed by atoms with van der Waals surface area (Å²) >= 11 is 6.61. The van der Waals surface area contributed by atoms with E-state index >= 15 is 0 Å². The lowest BCUT2D eigenvalue weighted by atomic mass is 10.3. The maximum atomic E-state index is 12.4. The second kappa shape index (κ2) is 6.20. The molecule has 0 spiro atoms. The molecule has 0 saturated carbocycles. The normalized spacial score (nSPS) is 11.2. The minimum atomic E-state index is -3.84. The SMILES string of the molecule is COc1cc(NS(=O)(=O)c2cnccc2N)c(Br)cc1Br. The first-order chi connectivity index (χ1) is 9.85. The highest BCUT2D eigenvalue weighted by Gasteiger charge is 2.20. The highest BCUT2D eigenvalue weighted by Crippen LogP contribution is 2.35. The zero-order valence-corrected chi connectivity index (χ0v) is 14.8. The Morgan fingerprint density at radius 2 is 2.00 bits per heavy atom. The molecule has 0 aliphatic carbocycles. The first-order valence-corrected chi connectivity index (χ1v) is 8.67. The number of anilines is 2. The van der Waals surface area contributed by atoms with Gasteiger partial charge in [0.05, 0.1) is 23.0 Å². The van der Waals surface area contributed by atoms with E-state index in [4.69, 9.17) is 10.5 Å². The summed E-state index contributed by atoms with van der Waals surface area (Å²) in [5, 5.41) is 0. The number of hydrogen-bond donors (Lipinski definition) is 2. The summed E-state index contributed by atoms with van der Waals surface area (Å²) in [5.41, 5.74) is 6.13. The quantitative estimate of drug-likeness (QED) is 0.768. The van der Waals surface area contributed by atoms with E-state index in [0.29, 0.717) is 20.4 Å². The molecule has 2 aromatic rings. The van der Waals surface area contributed by atoms with Crippen molar-refractivity contribution >= 4 is 53.3 Å². The largest absolute Gasteiger partial charge is 0.495 e. The third kappa shape index (κ3) is 3.47. The van der Waals surface area contributed by atoms with Crippen molar-refractivity contribution in [3.63, 3.8) is 0 Å². The van der Waals surface area contributed by atoms with Crippen LogP contribution < -0.4 is 15.2 Å². The molecule has 0 aliphatic rings. The van der Waals surface area contributed by atoms with Gasteiger partial charge in [-0.25, -0.2) is 8.42 Å². The van der Waals surface area contributed by atoms with E-state index in [1.807, 2.05) is 0 Å². The molecule has 2 rings (SSSR count). The van der Waals surface area contributed by atoms with E-state index in [0.717, 1.165) is 0 Å². The van der Waals surface area contributed by atoms with Gasteiger partial charge in [-0.2, -0.15) is 0 Å². The smallest absolute Gasteiger partial charge is 0.265 e. The number of sulfonamides is 1. The number of ether oxygens (including phenoxy) is 1. The monoisotopic (exact) mass is 435 g/mol. The lowest BCUT2D eigenvalue weighted by molar-refractivity contribution is 0.412. The van der Waals surface area contributed by atoms with Crippen LogP contribution in [0.2, 0.25) is 0 Å². The van der Waals surface area contributed by atoms with Crippen LogP contribution in [-0.4, -0.2) is 20.5 Å². The predicted molar refractivity (Wildman–Crippen MR) is 87.9 cm³/mol. The fourth-order valence-corrected chi connectivity index (χ4v) is 4.11. The number of rotatable bonds is 4. The van der Waals surface area contributed by atoms with Gasteiger partial charge in [0.25, 0.3) is 10.0 Å². The lowest BCUT2D eigenvalue weighted by Crippen LogP contribution is -2.15. The Morgan fingerprint density at radius 3 is 2.62 bits per heavy atom. The van der Waals surface area contributed by atoms with Crippen molar-refractivity contribution in [3.05, 3.63) is 39.5 Å². The lowest BCUT2D eigenvalue weighted by Gasteiger charge is -2.13. The zero-order chi connectivity index (χ0) is 15.6. The molecule has 1 heterocycles. The molecule has 112 valence electrons. The Kier molecular flexibility index (Phi) is 4.74. The Morgan fingerprint density at radius 1 is 1.29 bits per heavy atom. The number of nitrogen functional groups attached to an aromatic ring is 1. The Bertz CT molecular complexity index is 781. The highest BCUT2D eigenvalue weighted by atomic mass is 79.9. The van der Waals surface area contributed by atoms with Gasteiger partial charge < -0.3 is 10.5 Å². The van der Waals surface area contributed by atoms with Crippen molar-refractivity contribution in [2.45, 2.75) is 4.90 Å². The minimum Gasteiger partial charge on any atom is -0.495 e. The van der Waals surface area contributed by atoms with Crippen LogP contribution in [0.1, 0.15) is 0 Å². The molecule has 0 saturated heterocycles. The van der Waals surface area contributed by atoms with Crippen LogP contribution in [-0.2, 0) is 10.0 Å². The molecule has 0 aliphatic heterocycles. The van der Waals surface area contributed by atoms with Gasteiger partial charge in [-0.1, -0.05) is 0 Å². The number of methoxy groups -OCH3 is 1. The Hall–Kier alpha value is -1.32. The molecule has 1 aromatic carbocycles. The van der Waals surface area contributed by atoms with Crippen LogP contribution in [0, 0.1) is 0 Å². The van der Waals surface area contributed by atoms with E-state index in [2.05, 4.69) is 41.6 Å². The third-order valence-electron chi connectivity index (χ3n) is 2.59. The second-order valence-corrected chi connectivity index (χ2v) is 7.35. The van der Waals surface area contributed by atoms with E-state index < -0.39 is 10.0 Å². The summed E-state index contributed by atoms with van der Waals surface area (Å²) in [4.78, 5) is 3.70. The molecule has 0 unspecified atom stereocenters. The first-order valence-electron chi connectivity index (χ1n) is 5.60. The van der Waals surface area contributed by atoms with Crippen molar-refractivity contribution in [1.29, 1.82) is 0 Å². The highest BCUT2D eigenvalue weighted by molar-refractivity contribution is 9.11. The zero-order valence-electron chi connectivity index (χ0n) is 10.8. The summed E-state index contributed by atoms with van der Waals surface area (Å²) in [5.74, 6) is 0.495. The maximum absolute atomic E-state index is 12.4. The molecular weight excluding hydrogens is 426 g/mol. The molecular formula is C12H11Br2N3O3S. The summed E-state index contributed by atoms with van der Waals surface area (Å²) in [6.07, 6.45) is 2.62. The molecule has 0 amide bonds. The fraction of sp³-hybridized carbons (Fsp3) is 0.0833. The number of aromatic nitrogens is 1. The Balaban J connectivity index is 2.44. The van der Waals surface area contributed by atoms with Crippen LogP contribution in [0.5, 0.6) is 5.75 Å². The van der Waals surface area contributed by atoms with Gasteiger partial charge in [0.15, 0.2) is 0 Å². The molecule has 0 atom stereocenters. The van der Waals surface area contributed by atoms with Gasteiger partial charge in [-0.05, 0) is 44.0 Å². The van der Waals surface area contributed by atoms with Crippen LogP contribution in [0.25, 0.3) is 0 Å². The number of benzene rings is 1. The topological polar surface area (TPSA) is 94.3 Å². The second-order valence-electron chi connectivity index (χ2n) is 3.99. The average molecular weight is 437 g/mol. The van der Waals surface area contributed by atoms with Gasteiger partial charge in [0, 0.05) is 22.9 Å². The molecule has 6 nitrogen and oxygen atoms in total. The van der Waals surface area contributed by atoms with Gasteiger partial charge in [-0.3, -0.25) is 9.71 Å². The third-order valence-corrected chi connectivity index (χ3v) is 5.28. The molecule has 0 radical (unpaired) electrons. The standard InChI is InChI=1S/C12H11Br2N3O3S/c1-20-11-5-10(7(13)4-8(11)14)17-21(18,19)12-6-16-3-2-9(12)15/h2-6,17H,1H3,(H2,15,16). The fourth-order valence-electron chi connectivity index (χ4n) is 1.58. The maximum Gasteiger partial charge on any atom is 0.265 e. The number of halogens is 2. The predicted octanol–water partition coefficient (Wildman–Crippen LogP) is 3.00. The van der Waals surface area contributed by atoms with Gasteiger partial charge in [0.1, 0.15) is 10.6 Å². The van der Waals surface area contributed by atoms with Crippen LogP contribution in [0.4, 0.5) is 11.4 Å². The summed E-state index contributed by atoms with van der Waals surface area (Å²) < 4.78 is 33.6. The van der Waals surface area contributed by atoms with Crippen molar-refractivity contribution in [2.75, 3.05) is 17.6 Å². The van der Waals surface area contributed by atoms with E-state index in [1.54, 1.807) is 12.1 Å². The Labute approximate surface area is 139 Å². The van der Waals surface area contributed by atoms with Gasteiger partial charge >= 0.3 is 0 Å². The van der Waals surface area contributed by atoms with E-state index in [-0.39, 0.29) is 10.6 Å². The van der Waals surface area contributed by atoms with Crippen molar-refractivity contribution < 1.29 is 13.2 Å². The average Bonchev–Trinajstić information content (AvgIpc) is 2.42. The molecule has 0 bridgehead atoms. The number of nitrogens with zero attached hydrogens (tertiary/aromatic N) is 1. The summed E-state index contributed by atoms with van der Waals surface area (Å²) in [6, 6.07) is 4.66. The van der Waals surface area contributed by atoms with Crippen LogP contribution >= 0.6 is 31.9 Å². The summed E-state index contributed by atoms with van der Waals surface area (Å²) in [7, 11) is -2.35. The molecule has 1 aromatic heterocycles. The van der Waals surface area contributed by atoms with Gasteiger partial charge in [-0.15, -0.1) is 0 Å². The van der Waals surface area contributed by atoms with Crippen LogP contribution in [0.15, 0.2) is 44.4 Å². The summed E-state index contributed by atoms with van der Waals surface area (Å²) in [6.45, 7) is 0. The van der Waals surface area contributed by atoms with Crippen molar-refractivity contribution in [3.8, 4) is 5.75 Å². The first kappa shape index (κ1) is 16.1. The van der Waals surface area contributed by atoms with Crippen molar-refractivity contribution in [2.24, 2.45) is 0 Å². The number of nitrogens with one attached hydrogen (secondary N) is 1. The van der Waals surface area contributed by atoms with Crippen LogP contribution in [0.3, 0.4) is 0 Å². The van der Waals surface area contributed by atoms with E-state index in [1.165, 1.54) is 25.6 Å². The van der Waals surface area contributed by atoms with E-state index in [9.17, 15) is 8.42 Å². The molecule has 0 fully saturated rings. The molecule has 9 heteroatoms. The van der Waals surface area contributed by atoms with Crippen molar-refractivity contribution in [1.82, 2.24) is 4.98 Å². The minimum absolute atomic E-state index is 0.0845. The number of nitrogens with two attached hydrogens (primary N) is 1. The molecule has 3 N–H and O–H groups in total.